The van der Waals surface area contributed by atoms with Crippen LogP contribution < -0.4 is 4.90 Å². The molecule has 98 valence electrons. The van der Waals surface area contributed by atoms with Crippen LogP contribution in [0.2, 0.25) is 0 Å². The summed E-state index contributed by atoms with van der Waals surface area (Å²) >= 11 is 0. The standard InChI is InChI=1S/C14H12N6/c1-19(11-5-3-10(7-15)4-6-11)13-12-8-18-20(2)14(12)17-9-16-13/h3-6,8-9H,1-2H3. The molecule has 0 saturated heterocycles. The normalized spacial score (nSPS) is 10.4. The summed E-state index contributed by atoms with van der Waals surface area (Å²) in [4.78, 5) is 10.5. The van der Waals surface area contributed by atoms with E-state index in [0.29, 0.717) is 5.56 Å². The highest BCUT2D eigenvalue weighted by Gasteiger charge is 2.12. The van der Waals surface area contributed by atoms with Crippen LogP contribution in [0.5, 0.6) is 0 Å². The Morgan fingerprint density at radius 2 is 1.95 bits per heavy atom. The first-order chi connectivity index (χ1) is 9.70. The molecule has 0 radical (unpaired) electrons. The predicted molar refractivity (Wildman–Crippen MR) is 75.5 cm³/mol. The maximum absolute atomic E-state index is 8.83. The Morgan fingerprint density at radius 3 is 2.65 bits per heavy atom. The molecule has 3 aromatic rings. The summed E-state index contributed by atoms with van der Waals surface area (Å²) in [5.41, 5.74) is 2.37. The molecular weight excluding hydrogens is 252 g/mol. The highest BCUT2D eigenvalue weighted by Crippen LogP contribution is 2.27. The lowest BCUT2D eigenvalue weighted by Crippen LogP contribution is -2.11. The third kappa shape index (κ3) is 1.86. The summed E-state index contributed by atoms with van der Waals surface area (Å²) in [7, 11) is 3.77. The minimum absolute atomic E-state index is 0.636. The quantitative estimate of drug-likeness (QED) is 0.708. The Morgan fingerprint density at radius 1 is 1.20 bits per heavy atom. The van der Waals surface area contributed by atoms with Gasteiger partial charge >= 0.3 is 0 Å². The van der Waals surface area contributed by atoms with Crippen molar-refractivity contribution >= 4 is 22.5 Å². The van der Waals surface area contributed by atoms with Crippen molar-refractivity contribution in [2.24, 2.45) is 7.05 Å². The molecule has 0 aliphatic carbocycles. The van der Waals surface area contributed by atoms with Crippen LogP contribution in [0.4, 0.5) is 11.5 Å². The minimum Gasteiger partial charge on any atom is -0.329 e. The van der Waals surface area contributed by atoms with Crippen molar-refractivity contribution in [1.29, 1.82) is 5.26 Å². The van der Waals surface area contributed by atoms with E-state index < -0.39 is 0 Å². The molecule has 3 rings (SSSR count). The Balaban J connectivity index is 2.07. The number of fused-ring (bicyclic) bond motifs is 1. The van der Waals surface area contributed by atoms with E-state index in [9.17, 15) is 0 Å². The lowest BCUT2D eigenvalue weighted by Gasteiger charge is -2.18. The van der Waals surface area contributed by atoms with E-state index in [1.165, 1.54) is 6.33 Å². The number of anilines is 2. The van der Waals surface area contributed by atoms with Gasteiger partial charge in [0.15, 0.2) is 5.65 Å². The molecule has 0 unspecified atom stereocenters. The summed E-state index contributed by atoms with van der Waals surface area (Å²) < 4.78 is 1.72. The van der Waals surface area contributed by atoms with Crippen molar-refractivity contribution in [3.63, 3.8) is 0 Å². The number of nitriles is 1. The van der Waals surface area contributed by atoms with E-state index in [1.807, 2.05) is 31.1 Å². The van der Waals surface area contributed by atoms with Crippen LogP contribution in [0.25, 0.3) is 11.0 Å². The van der Waals surface area contributed by atoms with Crippen LogP contribution in [-0.4, -0.2) is 26.8 Å². The first kappa shape index (κ1) is 12.1. The fraction of sp³-hybridized carbons (Fsp3) is 0.143. The van der Waals surface area contributed by atoms with Crippen molar-refractivity contribution in [1.82, 2.24) is 19.7 Å². The maximum Gasteiger partial charge on any atom is 0.163 e. The SMILES string of the molecule is CN(c1ccc(C#N)cc1)c1ncnc2c1cnn2C. The van der Waals surface area contributed by atoms with Crippen molar-refractivity contribution in [3.8, 4) is 6.07 Å². The number of benzene rings is 1. The number of nitrogens with zero attached hydrogens (tertiary/aromatic N) is 6. The van der Waals surface area contributed by atoms with Gasteiger partial charge in [0.2, 0.25) is 0 Å². The molecule has 0 spiro atoms. The molecular formula is C14H12N6. The molecule has 6 heteroatoms. The maximum atomic E-state index is 8.83. The monoisotopic (exact) mass is 264 g/mol. The van der Waals surface area contributed by atoms with E-state index in [0.717, 1.165) is 22.5 Å². The van der Waals surface area contributed by atoms with Gasteiger partial charge in [-0.2, -0.15) is 10.4 Å². The van der Waals surface area contributed by atoms with Gasteiger partial charge in [0.1, 0.15) is 12.1 Å². The van der Waals surface area contributed by atoms with Crippen LogP contribution in [-0.2, 0) is 7.05 Å². The molecule has 0 saturated carbocycles. The van der Waals surface area contributed by atoms with Gasteiger partial charge in [-0.05, 0) is 24.3 Å². The Bertz CT molecular complexity index is 797. The van der Waals surface area contributed by atoms with Crippen molar-refractivity contribution < 1.29 is 0 Å². The van der Waals surface area contributed by atoms with Crippen LogP contribution in [0, 0.1) is 11.3 Å². The third-order valence-electron chi connectivity index (χ3n) is 3.21. The largest absolute Gasteiger partial charge is 0.329 e. The van der Waals surface area contributed by atoms with Crippen molar-refractivity contribution in [3.05, 3.63) is 42.4 Å². The lowest BCUT2D eigenvalue weighted by atomic mass is 10.2. The Kier molecular flexibility index (Phi) is 2.80. The third-order valence-corrected chi connectivity index (χ3v) is 3.21. The summed E-state index contributed by atoms with van der Waals surface area (Å²) in [6, 6.07) is 9.46. The van der Waals surface area contributed by atoms with E-state index in [1.54, 1.807) is 23.0 Å². The van der Waals surface area contributed by atoms with Crippen LogP contribution >= 0.6 is 0 Å². The molecule has 0 N–H and O–H groups in total. The number of rotatable bonds is 2. The number of aromatic nitrogens is 4. The Hall–Kier alpha value is -2.94. The molecule has 6 nitrogen and oxygen atoms in total. The number of aryl methyl sites for hydroxylation is 1. The molecule has 20 heavy (non-hydrogen) atoms. The molecule has 0 amide bonds. The fourth-order valence-electron chi connectivity index (χ4n) is 2.10. The summed E-state index contributed by atoms with van der Waals surface area (Å²) in [5.74, 6) is 0.785. The zero-order valence-electron chi connectivity index (χ0n) is 11.1. The second-order valence-electron chi connectivity index (χ2n) is 4.42. The summed E-state index contributed by atoms with van der Waals surface area (Å²) in [5, 5.41) is 13.9. The zero-order chi connectivity index (χ0) is 14.1. The van der Waals surface area contributed by atoms with E-state index >= 15 is 0 Å². The summed E-state index contributed by atoms with van der Waals surface area (Å²) in [6.45, 7) is 0. The zero-order valence-corrected chi connectivity index (χ0v) is 11.1. The molecule has 0 aliphatic heterocycles. The predicted octanol–water partition coefficient (Wildman–Crippen LogP) is 2.00. The van der Waals surface area contributed by atoms with E-state index in [4.69, 9.17) is 5.26 Å². The average molecular weight is 264 g/mol. The number of hydrogen-bond acceptors (Lipinski definition) is 5. The van der Waals surface area contributed by atoms with Gasteiger partial charge in [-0.3, -0.25) is 4.68 Å². The molecule has 2 aromatic heterocycles. The average Bonchev–Trinajstić information content (AvgIpc) is 2.88. The number of hydrogen-bond donors (Lipinski definition) is 0. The molecule has 0 bridgehead atoms. The van der Waals surface area contributed by atoms with Crippen LogP contribution in [0.3, 0.4) is 0 Å². The molecule has 0 aliphatic rings. The molecule has 0 atom stereocenters. The van der Waals surface area contributed by atoms with E-state index in [2.05, 4.69) is 21.1 Å². The molecule has 2 heterocycles. The molecule has 0 fully saturated rings. The second kappa shape index (κ2) is 4.63. The van der Waals surface area contributed by atoms with E-state index in [-0.39, 0.29) is 0 Å². The van der Waals surface area contributed by atoms with Crippen LogP contribution in [0.15, 0.2) is 36.8 Å². The van der Waals surface area contributed by atoms with Crippen molar-refractivity contribution in [2.75, 3.05) is 11.9 Å². The Labute approximate surface area is 115 Å². The van der Waals surface area contributed by atoms with Gasteiger partial charge in [0, 0.05) is 19.8 Å². The summed E-state index contributed by atoms with van der Waals surface area (Å²) in [6.07, 6.45) is 3.28. The first-order valence-corrected chi connectivity index (χ1v) is 6.07. The molecule has 1 aromatic carbocycles. The minimum atomic E-state index is 0.636. The second-order valence-corrected chi connectivity index (χ2v) is 4.42. The first-order valence-electron chi connectivity index (χ1n) is 6.07. The smallest absolute Gasteiger partial charge is 0.163 e. The fourth-order valence-corrected chi connectivity index (χ4v) is 2.10. The topological polar surface area (TPSA) is 70.6 Å². The highest BCUT2D eigenvalue weighted by molar-refractivity contribution is 5.88. The van der Waals surface area contributed by atoms with Gasteiger partial charge in [-0.15, -0.1) is 0 Å². The van der Waals surface area contributed by atoms with Gasteiger partial charge in [-0.25, -0.2) is 9.97 Å². The van der Waals surface area contributed by atoms with Gasteiger partial charge in [-0.1, -0.05) is 0 Å². The lowest BCUT2D eigenvalue weighted by molar-refractivity contribution is 0.785. The van der Waals surface area contributed by atoms with Gasteiger partial charge in [0.25, 0.3) is 0 Å². The van der Waals surface area contributed by atoms with Gasteiger partial charge in [0.05, 0.1) is 23.2 Å². The highest BCUT2D eigenvalue weighted by atomic mass is 15.3. The van der Waals surface area contributed by atoms with Crippen LogP contribution in [0.1, 0.15) is 5.56 Å². The van der Waals surface area contributed by atoms with Gasteiger partial charge < -0.3 is 4.90 Å². The van der Waals surface area contributed by atoms with Crippen molar-refractivity contribution in [2.45, 2.75) is 0 Å².